The van der Waals surface area contributed by atoms with Crippen molar-refractivity contribution in [3.8, 4) is 0 Å². The Morgan fingerprint density at radius 1 is 1.40 bits per heavy atom. The second-order valence-corrected chi connectivity index (χ2v) is 7.90. The molecule has 0 unspecified atom stereocenters. The van der Waals surface area contributed by atoms with E-state index in [4.69, 9.17) is 0 Å². The van der Waals surface area contributed by atoms with E-state index in [-0.39, 0.29) is 23.3 Å². The number of aromatic nitrogens is 2. The number of thiophene rings is 1. The molecule has 1 N–H and O–H groups in total. The van der Waals surface area contributed by atoms with Crippen molar-refractivity contribution in [3.05, 3.63) is 57.2 Å². The van der Waals surface area contributed by atoms with Crippen LogP contribution in [0.3, 0.4) is 0 Å². The molecule has 0 radical (unpaired) electrons. The van der Waals surface area contributed by atoms with Crippen LogP contribution in [-0.2, 0) is 18.3 Å². The lowest BCUT2D eigenvalue weighted by Crippen LogP contribution is -2.29. The van der Waals surface area contributed by atoms with Crippen LogP contribution in [-0.4, -0.2) is 21.2 Å². The van der Waals surface area contributed by atoms with Gasteiger partial charge in [0.2, 0.25) is 5.91 Å². The van der Waals surface area contributed by atoms with Gasteiger partial charge in [-0.15, -0.1) is 11.3 Å². The molecule has 0 spiro atoms. The number of rotatable bonds is 4. The summed E-state index contributed by atoms with van der Waals surface area (Å²) in [5, 5.41) is 5.53. The van der Waals surface area contributed by atoms with Gasteiger partial charge in [0.25, 0.3) is 5.56 Å². The average molecular weight is 371 g/mol. The highest BCUT2D eigenvalue weighted by atomic mass is 32.2. The summed E-state index contributed by atoms with van der Waals surface area (Å²) in [4.78, 5) is 29.1. The quantitative estimate of drug-likeness (QED) is 0.566. The third-order valence-electron chi connectivity index (χ3n) is 4.45. The standard InChI is InChI=1S/C18H17N3O2S2/c1-21-17(23)16-14(8-9-24-16)20-18(21)25-10-15(22)19-13-7-6-11-4-2-3-5-12(11)13/h2-5,8-9,13H,6-7,10H2,1H3,(H,19,22)/t13-/m1/s1. The second-order valence-electron chi connectivity index (χ2n) is 6.04. The molecule has 0 saturated carbocycles. The van der Waals surface area contributed by atoms with E-state index >= 15 is 0 Å². The number of benzene rings is 1. The summed E-state index contributed by atoms with van der Waals surface area (Å²) >= 11 is 2.69. The molecular formula is C18H17N3O2S2. The topological polar surface area (TPSA) is 64.0 Å². The van der Waals surface area contributed by atoms with Crippen LogP contribution < -0.4 is 10.9 Å². The van der Waals surface area contributed by atoms with Crippen LogP contribution in [0.15, 0.2) is 45.7 Å². The zero-order valence-corrected chi connectivity index (χ0v) is 15.3. The summed E-state index contributed by atoms with van der Waals surface area (Å²) in [6.07, 6.45) is 1.94. The summed E-state index contributed by atoms with van der Waals surface area (Å²) in [5.74, 6) is 0.209. The number of aryl methyl sites for hydroxylation is 1. The Bertz CT molecular complexity index is 1010. The number of carbonyl (C=O) groups is 1. The minimum atomic E-state index is -0.0624. The van der Waals surface area contributed by atoms with E-state index < -0.39 is 0 Å². The number of fused-ring (bicyclic) bond motifs is 2. The van der Waals surface area contributed by atoms with Gasteiger partial charge < -0.3 is 5.32 Å². The molecule has 2 heterocycles. The zero-order valence-electron chi connectivity index (χ0n) is 13.7. The van der Waals surface area contributed by atoms with E-state index in [0.29, 0.717) is 15.4 Å². The number of hydrogen-bond acceptors (Lipinski definition) is 5. The summed E-state index contributed by atoms with van der Waals surface area (Å²) in [5.41, 5.74) is 3.16. The Labute approximate surface area is 153 Å². The summed E-state index contributed by atoms with van der Waals surface area (Å²) < 4.78 is 2.17. The third-order valence-corrected chi connectivity index (χ3v) is 6.37. The third kappa shape index (κ3) is 3.09. The number of carbonyl (C=O) groups excluding carboxylic acids is 1. The molecule has 1 aromatic carbocycles. The van der Waals surface area contributed by atoms with Crippen LogP contribution >= 0.6 is 23.1 Å². The highest BCUT2D eigenvalue weighted by Gasteiger charge is 2.23. The fourth-order valence-corrected chi connectivity index (χ4v) is 4.76. The highest BCUT2D eigenvalue weighted by molar-refractivity contribution is 7.99. The number of nitrogens with zero attached hydrogens (tertiary/aromatic N) is 2. The van der Waals surface area contributed by atoms with Crippen LogP contribution in [0.1, 0.15) is 23.6 Å². The van der Waals surface area contributed by atoms with Crippen LogP contribution in [0.25, 0.3) is 10.2 Å². The largest absolute Gasteiger partial charge is 0.349 e. The molecular weight excluding hydrogens is 354 g/mol. The smallest absolute Gasteiger partial charge is 0.271 e. The van der Waals surface area contributed by atoms with Gasteiger partial charge in [-0.1, -0.05) is 36.0 Å². The van der Waals surface area contributed by atoms with E-state index in [9.17, 15) is 9.59 Å². The van der Waals surface area contributed by atoms with Gasteiger partial charge in [0.05, 0.1) is 17.3 Å². The van der Waals surface area contributed by atoms with Gasteiger partial charge in [-0.05, 0) is 35.4 Å². The van der Waals surface area contributed by atoms with E-state index in [1.165, 1.54) is 38.8 Å². The van der Waals surface area contributed by atoms with Crippen molar-refractivity contribution >= 4 is 39.2 Å². The maximum absolute atomic E-state index is 12.3. The van der Waals surface area contributed by atoms with E-state index in [1.807, 2.05) is 23.6 Å². The van der Waals surface area contributed by atoms with Gasteiger partial charge in [-0.3, -0.25) is 14.2 Å². The molecule has 3 aromatic rings. The van der Waals surface area contributed by atoms with Gasteiger partial charge in [-0.25, -0.2) is 4.98 Å². The Balaban J connectivity index is 1.45. The Morgan fingerprint density at radius 3 is 3.12 bits per heavy atom. The minimum Gasteiger partial charge on any atom is -0.349 e. The van der Waals surface area contributed by atoms with Crippen LogP contribution in [0.4, 0.5) is 0 Å². The first kappa shape index (κ1) is 16.4. The van der Waals surface area contributed by atoms with Crippen LogP contribution in [0, 0.1) is 0 Å². The molecule has 0 saturated heterocycles. The molecule has 0 bridgehead atoms. The minimum absolute atomic E-state index is 0.0358. The highest BCUT2D eigenvalue weighted by Crippen LogP contribution is 2.30. The lowest BCUT2D eigenvalue weighted by atomic mass is 10.1. The van der Waals surface area contributed by atoms with Crippen LogP contribution in [0.2, 0.25) is 0 Å². The van der Waals surface area contributed by atoms with E-state index in [2.05, 4.69) is 22.4 Å². The molecule has 1 amide bonds. The predicted octanol–water partition coefficient (Wildman–Crippen LogP) is 2.89. The monoisotopic (exact) mass is 371 g/mol. The Hall–Kier alpha value is -2.12. The van der Waals surface area contributed by atoms with Crippen molar-refractivity contribution < 1.29 is 4.79 Å². The molecule has 5 nitrogen and oxygen atoms in total. The second kappa shape index (κ2) is 6.65. The summed E-state index contributed by atoms with van der Waals surface area (Å²) in [7, 11) is 1.70. The van der Waals surface area contributed by atoms with Gasteiger partial charge >= 0.3 is 0 Å². The molecule has 25 heavy (non-hydrogen) atoms. The number of thioether (sulfide) groups is 1. The normalized spacial score (nSPS) is 16.1. The average Bonchev–Trinajstić information content (AvgIpc) is 3.24. The van der Waals surface area contributed by atoms with Crippen LogP contribution in [0.5, 0.6) is 0 Å². The molecule has 128 valence electrons. The molecule has 1 atom stereocenters. The fourth-order valence-electron chi connectivity index (χ4n) is 3.17. The molecule has 2 aromatic heterocycles. The van der Waals surface area contributed by atoms with Crippen molar-refractivity contribution in [1.29, 1.82) is 0 Å². The van der Waals surface area contributed by atoms with Crippen molar-refractivity contribution in [2.24, 2.45) is 7.05 Å². The fraction of sp³-hybridized carbons (Fsp3) is 0.278. The lowest BCUT2D eigenvalue weighted by Gasteiger charge is -2.14. The molecule has 1 aliphatic rings. The molecule has 0 fully saturated rings. The Kier molecular flexibility index (Phi) is 4.35. The van der Waals surface area contributed by atoms with E-state index in [1.54, 1.807) is 7.05 Å². The maximum Gasteiger partial charge on any atom is 0.271 e. The lowest BCUT2D eigenvalue weighted by molar-refractivity contribution is -0.119. The van der Waals surface area contributed by atoms with Gasteiger partial charge in [-0.2, -0.15) is 0 Å². The Morgan fingerprint density at radius 2 is 2.24 bits per heavy atom. The first-order valence-corrected chi connectivity index (χ1v) is 9.94. The number of amides is 1. The number of nitrogens with one attached hydrogen (secondary N) is 1. The zero-order chi connectivity index (χ0) is 17.4. The van der Waals surface area contributed by atoms with Crippen molar-refractivity contribution in [1.82, 2.24) is 14.9 Å². The number of hydrogen-bond donors (Lipinski definition) is 1. The van der Waals surface area contributed by atoms with Crippen molar-refractivity contribution in [2.45, 2.75) is 24.0 Å². The molecule has 7 heteroatoms. The first-order chi connectivity index (χ1) is 12.1. The van der Waals surface area contributed by atoms with Gasteiger partial charge in [0, 0.05) is 7.05 Å². The maximum atomic E-state index is 12.3. The van der Waals surface area contributed by atoms with Crippen molar-refractivity contribution in [2.75, 3.05) is 5.75 Å². The predicted molar refractivity (Wildman–Crippen MR) is 101 cm³/mol. The first-order valence-electron chi connectivity index (χ1n) is 8.07. The molecule has 0 aliphatic heterocycles. The van der Waals surface area contributed by atoms with E-state index in [0.717, 1.165) is 12.8 Å². The summed E-state index contributed by atoms with van der Waals surface area (Å²) in [6, 6.07) is 10.2. The van der Waals surface area contributed by atoms with Crippen molar-refractivity contribution in [3.63, 3.8) is 0 Å². The van der Waals surface area contributed by atoms with Gasteiger partial charge in [0.1, 0.15) is 4.70 Å². The molecule has 4 rings (SSSR count). The van der Waals surface area contributed by atoms with Gasteiger partial charge in [0.15, 0.2) is 5.16 Å². The SMILES string of the molecule is Cn1c(SCC(=O)N[C@@H]2CCc3ccccc32)nc2ccsc2c1=O. The molecule has 1 aliphatic carbocycles. The summed E-state index contributed by atoms with van der Waals surface area (Å²) in [6.45, 7) is 0.